The minimum atomic E-state index is -0.742. The van der Waals surface area contributed by atoms with Crippen molar-refractivity contribution in [3.8, 4) is 0 Å². The molecule has 0 spiro atoms. The molecule has 34 heavy (non-hydrogen) atoms. The van der Waals surface area contributed by atoms with E-state index in [2.05, 4.69) is 6.92 Å². The third kappa shape index (κ3) is 5.87. The van der Waals surface area contributed by atoms with Gasteiger partial charge in [-0.2, -0.15) is 0 Å². The van der Waals surface area contributed by atoms with Crippen LogP contribution in [0.3, 0.4) is 0 Å². The van der Waals surface area contributed by atoms with Crippen LogP contribution in [-0.2, 0) is 17.8 Å². The fourth-order valence-electron chi connectivity index (χ4n) is 6.08. The van der Waals surface area contributed by atoms with Crippen LogP contribution in [0.4, 0.5) is 13.2 Å². The summed E-state index contributed by atoms with van der Waals surface area (Å²) in [6.45, 7) is 4.27. The second kappa shape index (κ2) is 11.7. The Bertz CT molecular complexity index is 940. The average Bonchev–Trinajstić information content (AvgIpc) is 2.86. The number of hydrogen-bond donors (Lipinski definition) is 0. The molecule has 2 saturated carbocycles. The van der Waals surface area contributed by atoms with Crippen LogP contribution < -0.4 is 0 Å². The summed E-state index contributed by atoms with van der Waals surface area (Å²) in [4.78, 5) is 0. The maximum atomic E-state index is 14.9. The summed E-state index contributed by atoms with van der Waals surface area (Å²) >= 11 is 0. The lowest BCUT2D eigenvalue weighted by Crippen LogP contribution is -2.21. The molecule has 2 aliphatic rings. The monoisotopic (exact) mass is 472 g/mol. The average molecular weight is 473 g/mol. The van der Waals surface area contributed by atoms with E-state index in [4.69, 9.17) is 4.74 Å². The van der Waals surface area contributed by atoms with Crippen molar-refractivity contribution in [1.29, 1.82) is 0 Å². The lowest BCUT2D eigenvalue weighted by molar-refractivity contribution is 0.0118. The van der Waals surface area contributed by atoms with Crippen LogP contribution in [0.5, 0.6) is 0 Å². The highest BCUT2D eigenvalue weighted by Crippen LogP contribution is 2.39. The summed E-state index contributed by atoms with van der Waals surface area (Å²) in [6.07, 6.45) is 10.8. The van der Waals surface area contributed by atoms with Gasteiger partial charge in [-0.1, -0.05) is 51.0 Å². The summed E-state index contributed by atoms with van der Waals surface area (Å²) in [5.74, 6) is -0.333. The standard InChI is InChI=1S/C30H39F3O/c1-3-5-20-6-8-23(9-7-20)27-17-14-25(29(32)30(27)33)19-34-26-15-12-22(13-16-26)24-11-10-21(4-2)28(31)18-24/h10-11,14,17-18,20,22-23,26H,3-9,12-13,15-16,19H2,1-2H3. The van der Waals surface area contributed by atoms with Gasteiger partial charge in [0.25, 0.3) is 0 Å². The van der Waals surface area contributed by atoms with Crippen LogP contribution in [0.25, 0.3) is 0 Å². The van der Waals surface area contributed by atoms with Gasteiger partial charge in [0, 0.05) is 5.56 Å². The van der Waals surface area contributed by atoms with E-state index >= 15 is 0 Å². The van der Waals surface area contributed by atoms with Crippen molar-refractivity contribution in [2.75, 3.05) is 0 Å². The quantitative estimate of drug-likeness (QED) is 0.372. The van der Waals surface area contributed by atoms with E-state index in [1.54, 1.807) is 18.2 Å². The van der Waals surface area contributed by atoms with Crippen molar-refractivity contribution in [1.82, 2.24) is 0 Å². The molecule has 186 valence electrons. The van der Waals surface area contributed by atoms with Gasteiger partial charge in [-0.05, 0) is 98.3 Å². The molecular weight excluding hydrogens is 433 g/mol. The molecule has 4 rings (SSSR count). The van der Waals surface area contributed by atoms with Crippen LogP contribution in [0, 0.1) is 23.4 Å². The Morgan fingerprint density at radius 2 is 1.44 bits per heavy atom. The van der Waals surface area contributed by atoms with Gasteiger partial charge >= 0.3 is 0 Å². The first-order valence-corrected chi connectivity index (χ1v) is 13.4. The molecule has 2 aromatic rings. The second-order valence-corrected chi connectivity index (χ2v) is 10.4. The topological polar surface area (TPSA) is 9.23 Å². The molecule has 1 nitrogen and oxygen atoms in total. The zero-order valence-electron chi connectivity index (χ0n) is 20.7. The van der Waals surface area contributed by atoms with Crippen molar-refractivity contribution >= 4 is 0 Å². The highest BCUT2D eigenvalue weighted by Gasteiger charge is 2.27. The van der Waals surface area contributed by atoms with E-state index in [1.165, 1.54) is 12.8 Å². The first-order chi connectivity index (χ1) is 16.5. The minimum absolute atomic E-state index is 0.0343. The molecule has 0 bridgehead atoms. The van der Waals surface area contributed by atoms with Crippen LogP contribution in [0.1, 0.15) is 112 Å². The van der Waals surface area contributed by atoms with E-state index in [1.807, 2.05) is 19.1 Å². The van der Waals surface area contributed by atoms with Gasteiger partial charge < -0.3 is 4.74 Å². The lowest BCUT2D eigenvalue weighted by atomic mass is 9.77. The van der Waals surface area contributed by atoms with Gasteiger partial charge in [0.2, 0.25) is 0 Å². The predicted octanol–water partition coefficient (Wildman–Crippen LogP) is 8.98. The molecule has 2 fully saturated rings. The molecule has 0 aromatic heterocycles. The first kappa shape index (κ1) is 25.3. The lowest BCUT2D eigenvalue weighted by Gasteiger charge is -2.30. The van der Waals surface area contributed by atoms with Crippen molar-refractivity contribution in [3.63, 3.8) is 0 Å². The second-order valence-electron chi connectivity index (χ2n) is 10.4. The summed E-state index contributed by atoms with van der Waals surface area (Å²) in [5, 5.41) is 0. The zero-order chi connectivity index (χ0) is 24.1. The molecule has 0 amide bonds. The highest BCUT2D eigenvalue weighted by molar-refractivity contribution is 5.29. The largest absolute Gasteiger partial charge is 0.373 e. The van der Waals surface area contributed by atoms with Crippen molar-refractivity contribution in [2.45, 2.75) is 109 Å². The van der Waals surface area contributed by atoms with E-state index in [-0.39, 0.29) is 24.4 Å². The highest BCUT2D eigenvalue weighted by atomic mass is 19.2. The van der Waals surface area contributed by atoms with Crippen LogP contribution in [0.2, 0.25) is 0 Å². The zero-order valence-corrected chi connectivity index (χ0v) is 20.7. The number of hydrogen-bond acceptors (Lipinski definition) is 1. The fraction of sp³-hybridized carbons (Fsp3) is 0.600. The summed E-state index contributed by atoms with van der Waals surface area (Å²) in [7, 11) is 0. The number of halogens is 3. The number of benzene rings is 2. The molecule has 0 N–H and O–H groups in total. The van der Waals surface area contributed by atoms with Crippen LogP contribution in [-0.4, -0.2) is 6.10 Å². The Morgan fingerprint density at radius 1 is 0.765 bits per heavy atom. The SMILES string of the molecule is CCCC1CCC(c2ccc(COC3CCC(c4ccc(CC)c(F)c4)CC3)c(F)c2F)CC1. The molecule has 0 saturated heterocycles. The smallest absolute Gasteiger partial charge is 0.164 e. The van der Waals surface area contributed by atoms with Gasteiger partial charge in [-0.3, -0.25) is 0 Å². The molecule has 2 aromatic carbocycles. The third-order valence-electron chi connectivity index (χ3n) is 8.25. The molecular formula is C30H39F3O. The third-order valence-corrected chi connectivity index (χ3v) is 8.25. The maximum Gasteiger partial charge on any atom is 0.164 e. The number of ether oxygens (including phenoxy) is 1. The van der Waals surface area contributed by atoms with Crippen molar-refractivity contribution < 1.29 is 17.9 Å². The summed E-state index contributed by atoms with van der Waals surface area (Å²) < 4.78 is 49.9. The van der Waals surface area contributed by atoms with Crippen LogP contribution >= 0.6 is 0 Å². The van der Waals surface area contributed by atoms with Gasteiger partial charge in [0.1, 0.15) is 5.82 Å². The minimum Gasteiger partial charge on any atom is -0.373 e. The Hall–Kier alpha value is -1.81. The Morgan fingerprint density at radius 3 is 2.09 bits per heavy atom. The molecule has 0 aliphatic heterocycles. The van der Waals surface area contributed by atoms with Crippen LogP contribution in [0.15, 0.2) is 30.3 Å². The Kier molecular flexibility index (Phi) is 8.74. The Labute approximate surface area is 203 Å². The number of aryl methyl sites for hydroxylation is 1. The van der Waals surface area contributed by atoms with Gasteiger partial charge in [-0.15, -0.1) is 0 Å². The molecule has 0 atom stereocenters. The molecule has 2 aliphatic carbocycles. The Balaban J connectivity index is 1.29. The van der Waals surface area contributed by atoms with E-state index in [0.29, 0.717) is 23.5 Å². The number of rotatable bonds is 8. The summed E-state index contributed by atoms with van der Waals surface area (Å²) in [6, 6.07) is 9.12. The fourth-order valence-corrected chi connectivity index (χ4v) is 6.08. The van der Waals surface area contributed by atoms with Crippen molar-refractivity contribution in [3.05, 3.63) is 70.0 Å². The predicted molar refractivity (Wildman–Crippen MR) is 132 cm³/mol. The van der Waals surface area contributed by atoms with Gasteiger partial charge in [0.05, 0.1) is 12.7 Å². The molecule has 0 heterocycles. The summed E-state index contributed by atoms with van der Waals surface area (Å²) in [5.41, 5.74) is 2.66. The van der Waals surface area contributed by atoms with Gasteiger partial charge in [-0.25, -0.2) is 13.2 Å². The molecule has 0 radical (unpaired) electrons. The van der Waals surface area contributed by atoms with E-state index in [0.717, 1.165) is 68.4 Å². The van der Waals surface area contributed by atoms with Gasteiger partial charge in [0.15, 0.2) is 11.6 Å². The molecule has 4 heteroatoms. The van der Waals surface area contributed by atoms with Crippen molar-refractivity contribution in [2.24, 2.45) is 5.92 Å². The molecule has 0 unspecified atom stereocenters. The van der Waals surface area contributed by atoms with E-state index in [9.17, 15) is 13.2 Å². The normalized spacial score (nSPS) is 25.4. The maximum absolute atomic E-state index is 14.9. The van der Waals surface area contributed by atoms with E-state index < -0.39 is 11.6 Å². The first-order valence-electron chi connectivity index (χ1n) is 13.4.